The van der Waals surface area contributed by atoms with Crippen LogP contribution in [0.2, 0.25) is 0 Å². The number of Topliss-reactive ketones (excluding diaryl/α,β-unsaturated/α-hetero) is 1. The topological polar surface area (TPSA) is 72.2 Å². The third-order valence-electron chi connectivity index (χ3n) is 2.86. The zero-order valence-corrected chi connectivity index (χ0v) is 12.5. The van der Waals surface area contributed by atoms with Crippen molar-refractivity contribution in [1.29, 1.82) is 0 Å². The number of nitrogens with one attached hydrogen (secondary N) is 1. The minimum Gasteiger partial charge on any atom is -0.356 e. The molecule has 0 radical (unpaired) electrons. The van der Waals surface area contributed by atoms with E-state index in [1.165, 1.54) is 0 Å². The molecule has 1 atom stereocenters. The molecule has 0 saturated carbocycles. The van der Waals surface area contributed by atoms with Gasteiger partial charge in [0, 0.05) is 25.5 Å². The summed E-state index contributed by atoms with van der Waals surface area (Å²) in [6.07, 6.45) is -0.154. The van der Waals surface area contributed by atoms with Crippen LogP contribution in [0.1, 0.15) is 30.1 Å². The number of nitrogens with two attached hydrogens (primary N) is 1. The smallest absolute Gasteiger partial charge is 0.220 e. The van der Waals surface area contributed by atoms with Gasteiger partial charge in [-0.3, -0.25) is 9.59 Å². The van der Waals surface area contributed by atoms with Crippen molar-refractivity contribution in [3.63, 3.8) is 0 Å². The van der Waals surface area contributed by atoms with Crippen LogP contribution >= 0.6 is 12.4 Å². The Morgan fingerprint density at radius 2 is 1.95 bits per heavy atom. The Labute approximate surface area is 128 Å². The molecule has 0 aliphatic heterocycles. The highest BCUT2D eigenvalue weighted by molar-refractivity contribution is 5.98. The summed E-state index contributed by atoms with van der Waals surface area (Å²) in [7, 11) is 0. The number of halogens is 3. The normalized spacial score (nSPS) is 11.4. The van der Waals surface area contributed by atoms with E-state index in [1.807, 2.05) is 6.92 Å². The molecule has 0 bridgehead atoms. The summed E-state index contributed by atoms with van der Waals surface area (Å²) in [5.41, 5.74) is 5.21. The van der Waals surface area contributed by atoms with Gasteiger partial charge in [-0.2, -0.15) is 0 Å². The second-order valence-electron chi connectivity index (χ2n) is 4.69. The SMILES string of the molecule is CC(CN)CNC(=O)CCC(=O)c1ccc(F)cc1F.Cl. The van der Waals surface area contributed by atoms with Gasteiger partial charge in [0.15, 0.2) is 5.78 Å². The maximum Gasteiger partial charge on any atom is 0.220 e. The van der Waals surface area contributed by atoms with Gasteiger partial charge in [0.1, 0.15) is 11.6 Å². The molecule has 3 N–H and O–H groups in total. The third-order valence-corrected chi connectivity index (χ3v) is 2.86. The zero-order valence-electron chi connectivity index (χ0n) is 11.7. The summed E-state index contributed by atoms with van der Waals surface area (Å²) in [6, 6.07) is 2.75. The van der Waals surface area contributed by atoms with E-state index in [1.54, 1.807) is 0 Å². The first kappa shape index (κ1) is 19.5. The van der Waals surface area contributed by atoms with Crippen molar-refractivity contribution in [3.05, 3.63) is 35.4 Å². The minimum absolute atomic E-state index is 0. The predicted molar refractivity (Wildman–Crippen MR) is 78.4 cm³/mol. The second kappa shape index (κ2) is 9.41. The Bertz CT molecular complexity index is 498. The van der Waals surface area contributed by atoms with Crippen LogP contribution in [-0.4, -0.2) is 24.8 Å². The van der Waals surface area contributed by atoms with E-state index in [9.17, 15) is 18.4 Å². The molecule has 4 nitrogen and oxygen atoms in total. The lowest BCUT2D eigenvalue weighted by Crippen LogP contribution is -2.31. The Morgan fingerprint density at radius 3 is 2.52 bits per heavy atom. The van der Waals surface area contributed by atoms with E-state index in [4.69, 9.17) is 5.73 Å². The largest absolute Gasteiger partial charge is 0.356 e. The third kappa shape index (κ3) is 6.64. The van der Waals surface area contributed by atoms with Crippen molar-refractivity contribution < 1.29 is 18.4 Å². The van der Waals surface area contributed by atoms with Gasteiger partial charge in [-0.1, -0.05) is 6.92 Å². The fourth-order valence-electron chi connectivity index (χ4n) is 1.54. The fourth-order valence-corrected chi connectivity index (χ4v) is 1.54. The van der Waals surface area contributed by atoms with Gasteiger partial charge in [0.2, 0.25) is 5.91 Å². The first-order valence-electron chi connectivity index (χ1n) is 6.39. The van der Waals surface area contributed by atoms with E-state index < -0.39 is 17.4 Å². The van der Waals surface area contributed by atoms with Crippen LogP contribution in [0, 0.1) is 17.6 Å². The van der Waals surface area contributed by atoms with Crippen LogP contribution in [0.5, 0.6) is 0 Å². The van der Waals surface area contributed by atoms with Crippen LogP contribution in [-0.2, 0) is 4.79 Å². The summed E-state index contributed by atoms with van der Waals surface area (Å²) < 4.78 is 26.1. The summed E-state index contributed by atoms with van der Waals surface area (Å²) in [5, 5.41) is 2.64. The first-order chi connectivity index (χ1) is 9.43. The Morgan fingerprint density at radius 1 is 1.29 bits per heavy atom. The quantitative estimate of drug-likeness (QED) is 0.755. The van der Waals surface area contributed by atoms with Gasteiger partial charge < -0.3 is 11.1 Å². The summed E-state index contributed by atoms with van der Waals surface area (Å²) >= 11 is 0. The molecule has 0 heterocycles. The first-order valence-corrected chi connectivity index (χ1v) is 6.39. The molecule has 0 fully saturated rings. The summed E-state index contributed by atoms with van der Waals surface area (Å²) in [6.45, 7) is 2.79. The highest BCUT2D eigenvalue weighted by Gasteiger charge is 2.14. The number of carbonyl (C=O) groups is 2. The molecule has 0 aliphatic rings. The molecule has 118 valence electrons. The minimum atomic E-state index is -0.910. The lowest BCUT2D eigenvalue weighted by Gasteiger charge is -2.09. The van der Waals surface area contributed by atoms with Crippen molar-refractivity contribution in [2.24, 2.45) is 11.7 Å². The monoisotopic (exact) mass is 320 g/mol. The second-order valence-corrected chi connectivity index (χ2v) is 4.69. The van der Waals surface area contributed by atoms with E-state index in [0.717, 1.165) is 12.1 Å². The average molecular weight is 321 g/mol. The van der Waals surface area contributed by atoms with Crippen molar-refractivity contribution in [2.45, 2.75) is 19.8 Å². The number of carbonyl (C=O) groups excluding carboxylic acids is 2. The number of rotatable bonds is 7. The number of benzene rings is 1. The Balaban J connectivity index is 0.00000400. The summed E-state index contributed by atoms with van der Waals surface area (Å²) in [4.78, 5) is 23.2. The van der Waals surface area contributed by atoms with Gasteiger partial charge in [0.05, 0.1) is 5.56 Å². The van der Waals surface area contributed by atoms with E-state index in [0.29, 0.717) is 19.2 Å². The van der Waals surface area contributed by atoms with Crippen LogP contribution in [0.15, 0.2) is 18.2 Å². The lowest BCUT2D eigenvalue weighted by molar-refractivity contribution is -0.121. The van der Waals surface area contributed by atoms with Crippen LogP contribution in [0.3, 0.4) is 0 Å². The predicted octanol–water partition coefficient (Wildman–Crippen LogP) is 2.06. The Kier molecular flexibility index (Phi) is 8.73. The van der Waals surface area contributed by atoms with Gasteiger partial charge in [-0.15, -0.1) is 12.4 Å². The number of amides is 1. The summed E-state index contributed by atoms with van der Waals surface area (Å²) in [5.74, 6) is -2.31. The van der Waals surface area contributed by atoms with E-state index in [2.05, 4.69) is 5.32 Å². The highest BCUT2D eigenvalue weighted by Crippen LogP contribution is 2.12. The molecule has 0 aliphatic carbocycles. The fraction of sp³-hybridized carbons (Fsp3) is 0.429. The molecule has 1 aromatic carbocycles. The van der Waals surface area contributed by atoms with Crippen LogP contribution < -0.4 is 11.1 Å². The van der Waals surface area contributed by atoms with Crippen molar-refractivity contribution >= 4 is 24.1 Å². The van der Waals surface area contributed by atoms with Gasteiger partial charge in [0.25, 0.3) is 0 Å². The van der Waals surface area contributed by atoms with E-state index in [-0.39, 0.29) is 42.6 Å². The van der Waals surface area contributed by atoms with Gasteiger partial charge in [-0.25, -0.2) is 8.78 Å². The molecule has 1 amide bonds. The van der Waals surface area contributed by atoms with Crippen molar-refractivity contribution in [1.82, 2.24) is 5.32 Å². The molecule has 0 spiro atoms. The molecule has 1 unspecified atom stereocenters. The lowest BCUT2D eigenvalue weighted by atomic mass is 10.1. The van der Waals surface area contributed by atoms with Crippen molar-refractivity contribution in [3.8, 4) is 0 Å². The molecular formula is C14H19ClF2N2O2. The van der Waals surface area contributed by atoms with E-state index >= 15 is 0 Å². The molecule has 0 aromatic heterocycles. The number of hydrogen-bond donors (Lipinski definition) is 2. The number of ketones is 1. The molecular weight excluding hydrogens is 302 g/mol. The molecule has 1 rings (SSSR count). The van der Waals surface area contributed by atoms with Crippen LogP contribution in [0.25, 0.3) is 0 Å². The number of hydrogen-bond acceptors (Lipinski definition) is 3. The zero-order chi connectivity index (χ0) is 15.1. The average Bonchev–Trinajstić information content (AvgIpc) is 2.42. The van der Waals surface area contributed by atoms with Crippen molar-refractivity contribution in [2.75, 3.05) is 13.1 Å². The van der Waals surface area contributed by atoms with Gasteiger partial charge in [-0.05, 0) is 24.6 Å². The molecule has 1 aromatic rings. The highest BCUT2D eigenvalue weighted by atomic mass is 35.5. The Hall–Kier alpha value is -1.53. The van der Waals surface area contributed by atoms with Gasteiger partial charge >= 0.3 is 0 Å². The molecule has 21 heavy (non-hydrogen) atoms. The standard InChI is InChI=1S/C14H18F2N2O2.ClH/c1-9(7-17)8-18-14(20)5-4-13(19)11-3-2-10(15)6-12(11)16;/h2-3,6,9H,4-5,7-8,17H2,1H3,(H,18,20);1H. The van der Waals surface area contributed by atoms with Crippen LogP contribution in [0.4, 0.5) is 8.78 Å². The molecule has 7 heteroatoms. The maximum absolute atomic E-state index is 13.3. The molecule has 0 saturated heterocycles. The maximum atomic E-state index is 13.3.